The maximum Gasteiger partial charge on any atom is 0.416 e. The van der Waals surface area contributed by atoms with E-state index in [2.05, 4.69) is 0 Å². The summed E-state index contributed by atoms with van der Waals surface area (Å²) in [4.78, 5) is 31.5. The first-order chi connectivity index (χ1) is 16.2. The van der Waals surface area contributed by atoms with Gasteiger partial charge in [0, 0.05) is 43.5 Å². The van der Waals surface area contributed by atoms with E-state index in [0.29, 0.717) is 45.4 Å². The number of carbonyl (C=O) groups excluding carboxylic acids is 2. The number of nitrogens with zero attached hydrogens (tertiary/aromatic N) is 3. The molecule has 2 aromatic carbocycles. The highest BCUT2D eigenvalue weighted by Gasteiger charge is 2.34. The molecule has 9 heteroatoms. The van der Waals surface area contributed by atoms with Gasteiger partial charge < -0.3 is 14.9 Å². The first-order valence-electron chi connectivity index (χ1n) is 11.5. The summed E-state index contributed by atoms with van der Waals surface area (Å²) in [5.74, 6) is -0.358. The summed E-state index contributed by atoms with van der Waals surface area (Å²) in [7, 11) is 0. The Labute approximate surface area is 196 Å². The van der Waals surface area contributed by atoms with Crippen molar-refractivity contribution in [3.63, 3.8) is 0 Å². The molecule has 2 heterocycles. The minimum atomic E-state index is -4.44. The Morgan fingerprint density at radius 1 is 0.941 bits per heavy atom. The fraction of sp³-hybridized carbons (Fsp3) is 0.440. The molecule has 2 aromatic rings. The second-order valence-electron chi connectivity index (χ2n) is 8.88. The van der Waals surface area contributed by atoms with E-state index in [-0.39, 0.29) is 30.0 Å². The predicted molar refractivity (Wildman–Crippen MR) is 121 cm³/mol. The third-order valence-corrected chi connectivity index (χ3v) is 6.49. The van der Waals surface area contributed by atoms with Crippen LogP contribution in [0.5, 0.6) is 0 Å². The van der Waals surface area contributed by atoms with E-state index in [1.165, 1.54) is 12.1 Å². The molecule has 0 saturated carbocycles. The number of β-amino-alcohol motifs (C(OH)–C–C–N with tert-alkyl or cyclic N) is 1. The fourth-order valence-electron chi connectivity index (χ4n) is 4.68. The molecule has 1 unspecified atom stereocenters. The monoisotopic (exact) mass is 475 g/mol. The topological polar surface area (TPSA) is 64.1 Å². The van der Waals surface area contributed by atoms with Crippen molar-refractivity contribution in [2.75, 3.05) is 37.6 Å². The van der Waals surface area contributed by atoms with E-state index >= 15 is 0 Å². The number of rotatable bonds is 5. The number of anilines is 1. The number of para-hydroxylation sites is 1. The Morgan fingerprint density at radius 3 is 2.15 bits per heavy atom. The number of amides is 2. The Bertz CT molecular complexity index is 990. The van der Waals surface area contributed by atoms with Crippen LogP contribution in [-0.4, -0.2) is 71.6 Å². The van der Waals surface area contributed by atoms with Crippen LogP contribution in [0.4, 0.5) is 18.9 Å². The van der Waals surface area contributed by atoms with Crippen molar-refractivity contribution in [2.24, 2.45) is 0 Å². The molecule has 0 bridgehead atoms. The normalized spacial score (nSPS) is 19.9. The average Bonchev–Trinajstić information content (AvgIpc) is 3.24. The lowest BCUT2D eigenvalue weighted by molar-refractivity contribution is -0.137. The highest BCUT2D eigenvalue weighted by atomic mass is 19.4. The summed E-state index contributed by atoms with van der Waals surface area (Å²) in [6, 6.07) is 13.6. The molecular weight excluding hydrogens is 447 g/mol. The van der Waals surface area contributed by atoms with E-state index in [4.69, 9.17) is 0 Å². The minimum absolute atomic E-state index is 0.0483. The highest BCUT2D eigenvalue weighted by molar-refractivity contribution is 5.96. The van der Waals surface area contributed by atoms with Gasteiger partial charge in [-0.15, -0.1) is 0 Å². The minimum Gasteiger partial charge on any atom is -0.392 e. The molecular formula is C25H28F3N3O3. The van der Waals surface area contributed by atoms with Crippen LogP contribution in [0.15, 0.2) is 54.6 Å². The zero-order chi connectivity index (χ0) is 24.3. The summed E-state index contributed by atoms with van der Waals surface area (Å²) in [6.07, 6.45) is -3.06. The average molecular weight is 476 g/mol. The van der Waals surface area contributed by atoms with Gasteiger partial charge in [-0.3, -0.25) is 14.5 Å². The van der Waals surface area contributed by atoms with Crippen LogP contribution in [0, 0.1) is 0 Å². The van der Waals surface area contributed by atoms with E-state index < -0.39 is 17.8 Å². The second kappa shape index (κ2) is 10.1. The molecule has 1 atom stereocenters. The molecule has 2 aliphatic rings. The third-order valence-electron chi connectivity index (χ3n) is 6.49. The van der Waals surface area contributed by atoms with E-state index in [1.54, 1.807) is 9.80 Å². The molecule has 2 amide bonds. The van der Waals surface area contributed by atoms with E-state index in [1.807, 2.05) is 35.2 Å². The van der Waals surface area contributed by atoms with Gasteiger partial charge in [0.15, 0.2) is 0 Å². The lowest BCUT2D eigenvalue weighted by Gasteiger charge is -2.39. The van der Waals surface area contributed by atoms with Gasteiger partial charge in [-0.05, 0) is 55.7 Å². The number of aliphatic hydroxyl groups excluding tert-OH is 1. The number of halogens is 3. The SMILES string of the molecule is O=C(c1ccc(C(F)(F)F)cc1)N1CCC(N(C(=O)CN2CCC(O)C2)c2ccccc2)CC1. The lowest BCUT2D eigenvalue weighted by atomic mass is 10.0. The van der Waals surface area contributed by atoms with Crippen molar-refractivity contribution in [3.05, 3.63) is 65.7 Å². The van der Waals surface area contributed by atoms with Crippen molar-refractivity contribution in [1.29, 1.82) is 0 Å². The van der Waals surface area contributed by atoms with Gasteiger partial charge in [-0.25, -0.2) is 0 Å². The molecule has 2 fully saturated rings. The van der Waals surface area contributed by atoms with Gasteiger partial charge in [-0.2, -0.15) is 13.2 Å². The maximum absolute atomic E-state index is 13.3. The molecule has 0 aliphatic carbocycles. The van der Waals surface area contributed by atoms with Crippen molar-refractivity contribution in [1.82, 2.24) is 9.80 Å². The number of hydrogen-bond donors (Lipinski definition) is 1. The van der Waals surface area contributed by atoms with Crippen LogP contribution in [0.1, 0.15) is 35.2 Å². The van der Waals surface area contributed by atoms with Crippen LogP contribution in [-0.2, 0) is 11.0 Å². The Kier molecular flexibility index (Phi) is 7.23. The molecule has 6 nitrogen and oxygen atoms in total. The number of piperidine rings is 1. The standard InChI is InChI=1S/C25H28F3N3O3/c26-25(27,28)19-8-6-18(7-9-19)24(34)30-14-10-21(11-15-30)31(20-4-2-1-3-5-20)23(33)17-29-13-12-22(32)16-29/h1-9,21-22,32H,10-17H2. The van der Waals surface area contributed by atoms with E-state index in [0.717, 1.165) is 17.8 Å². The molecule has 4 rings (SSSR count). The molecule has 2 aliphatic heterocycles. The van der Waals surface area contributed by atoms with Crippen LogP contribution in [0.25, 0.3) is 0 Å². The van der Waals surface area contributed by atoms with Crippen LogP contribution < -0.4 is 4.90 Å². The molecule has 0 aromatic heterocycles. The summed E-state index contributed by atoms with van der Waals surface area (Å²) in [5, 5.41) is 9.79. The number of benzene rings is 2. The third kappa shape index (κ3) is 5.59. The lowest BCUT2D eigenvalue weighted by Crippen LogP contribution is -2.51. The summed E-state index contributed by atoms with van der Waals surface area (Å²) in [6.45, 7) is 2.19. The Balaban J connectivity index is 1.42. The van der Waals surface area contributed by atoms with Crippen molar-refractivity contribution in [2.45, 2.75) is 37.6 Å². The number of alkyl halides is 3. The largest absolute Gasteiger partial charge is 0.416 e. The van der Waals surface area contributed by atoms with Crippen LogP contribution in [0.2, 0.25) is 0 Å². The predicted octanol–water partition coefficient (Wildman–Crippen LogP) is 3.41. The van der Waals surface area contributed by atoms with Gasteiger partial charge in [0.1, 0.15) is 0 Å². The van der Waals surface area contributed by atoms with Gasteiger partial charge in [-0.1, -0.05) is 18.2 Å². The van der Waals surface area contributed by atoms with E-state index in [9.17, 15) is 27.9 Å². The van der Waals surface area contributed by atoms with Gasteiger partial charge in [0.2, 0.25) is 5.91 Å². The van der Waals surface area contributed by atoms with Gasteiger partial charge in [0.25, 0.3) is 5.91 Å². The van der Waals surface area contributed by atoms with Crippen molar-refractivity contribution in [3.8, 4) is 0 Å². The zero-order valence-electron chi connectivity index (χ0n) is 18.7. The number of aliphatic hydroxyl groups is 1. The van der Waals surface area contributed by atoms with Gasteiger partial charge >= 0.3 is 6.18 Å². The first-order valence-corrected chi connectivity index (χ1v) is 11.5. The number of likely N-dealkylation sites (tertiary alicyclic amines) is 2. The number of hydrogen-bond acceptors (Lipinski definition) is 4. The highest BCUT2D eigenvalue weighted by Crippen LogP contribution is 2.30. The zero-order valence-corrected chi connectivity index (χ0v) is 18.7. The second-order valence-corrected chi connectivity index (χ2v) is 8.88. The smallest absolute Gasteiger partial charge is 0.392 e. The molecule has 182 valence electrons. The maximum atomic E-state index is 13.3. The summed E-state index contributed by atoms with van der Waals surface area (Å²) in [5.41, 5.74) is 0.222. The fourth-order valence-corrected chi connectivity index (χ4v) is 4.68. The Hall–Kier alpha value is -2.91. The summed E-state index contributed by atoms with van der Waals surface area (Å²) >= 11 is 0. The van der Waals surface area contributed by atoms with Gasteiger partial charge in [0.05, 0.1) is 18.2 Å². The molecule has 0 radical (unpaired) electrons. The van der Waals surface area contributed by atoms with Crippen molar-refractivity contribution >= 4 is 17.5 Å². The first kappa shape index (κ1) is 24.2. The van der Waals surface area contributed by atoms with Crippen LogP contribution >= 0.6 is 0 Å². The molecule has 2 saturated heterocycles. The number of carbonyl (C=O) groups is 2. The quantitative estimate of drug-likeness (QED) is 0.720. The molecule has 1 N–H and O–H groups in total. The van der Waals surface area contributed by atoms with Crippen molar-refractivity contribution < 1.29 is 27.9 Å². The molecule has 34 heavy (non-hydrogen) atoms. The summed E-state index contributed by atoms with van der Waals surface area (Å²) < 4.78 is 38.4. The Morgan fingerprint density at radius 2 is 1.59 bits per heavy atom. The molecule has 0 spiro atoms. The van der Waals surface area contributed by atoms with Crippen LogP contribution in [0.3, 0.4) is 0 Å².